The summed E-state index contributed by atoms with van der Waals surface area (Å²) in [5, 5.41) is 13.5. The Morgan fingerprint density at radius 2 is 1.72 bits per heavy atom. The molecule has 16 heteroatoms. The van der Waals surface area contributed by atoms with Crippen molar-refractivity contribution in [2.45, 2.75) is 63.7 Å². The van der Waals surface area contributed by atoms with Crippen LogP contribution in [0.25, 0.3) is 11.0 Å². The number of amides is 4. The number of fused-ring (bicyclic) bond motifs is 3. The number of rotatable bonds is 9. The number of hydrogen-bond donors (Lipinski definition) is 3. The van der Waals surface area contributed by atoms with Crippen molar-refractivity contribution in [1.82, 2.24) is 44.7 Å². The maximum Gasteiger partial charge on any atom is 0.274 e. The zero-order valence-corrected chi connectivity index (χ0v) is 32.4. The minimum absolute atomic E-state index is 0.0299. The van der Waals surface area contributed by atoms with Gasteiger partial charge in [0, 0.05) is 93.9 Å². The molecule has 4 amide bonds. The summed E-state index contributed by atoms with van der Waals surface area (Å²) in [6, 6.07) is 16.1. The fourth-order valence-electron chi connectivity index (χ4n) is 8.82. The Bertz CT molecular complexity index is 2380. The number of pyridine rings is 2. The van der Waals surface area contributed by atoms with Crippen LogP contribution in [0.5, 0.6) is 0 Å². The highest BCUT2D eigenvalue weighted by atomic mass is 19.1. The van der Waals surface area contributed by atoms with Gasteiger partial charge in [0.05, 0.1) is 30.4 Å². The van der Waals surface area contributed by atoms with E-state index in [9.17, 15) is 23.6 Å². The largest absolute Gasteiger partial charge is 0.371 e. The number of piperazine rings is 1. The molecule has 58 heavy (non-hydrogen) atoms. The first-order chi connectivity index (χ1) is 28.1. The number of halogens is 1. The fourth-order valence-corrected chi connectivity index (χ4v) is 8.82. The van der Waals surface area contributed by atoms with Crippen LogP contribution >= 0.6 is 0 Å². The first-order valence-electron chi connectivity index (χ1n) is 20.1. The van der Waals surface area contributed by atoms with Gasteiger partial charge in [0.15, 0.2) is 0 Å². The maximum absolute atomic E-state index is 14.7. The number of piperidine rings is 2. The van der Waals surface area contributed by atoms with Gasteiger partial charge in [-0.15, -0.1) is 0 Å². The molecule has 3 N–H and O–H groups in total. The number of nitrogens with one attached hydrogen (secondary N) is 3. The van der Waals surface area contributed by atoms with Gasteiger partial charge in [0.25, 0.3) is 11.8 Å². The van der Waals surface area contributed by atoms with Crippen LogP contribution < -0.4 is 20.9 Å². The van der Waals surface area contributed by atoms with E-state index in [1.807, 2.05) is 17.6 Å². The van der Waals surface area contributed by atoms with Crippen LogP contribution in [0.1, 0.15) is 82.2 Å². The van der Waals surface area contributed by atoms with E-state index in [1.54, 1.807) is 35.3 Å². The van der Waals surface area contributed by atoms with E-state index in [-0.39, 0.29) is 41.8 Å². The SMILES string of the molecule is C[C@@H]1CNC(=O)c2cc3ccc(C(=O)Nc4cnn(Cc5ccc(N6CCC(N7CCN(Cc8cc(C9CCC(=O)NC9=O)cnc8F)CC7)CC6)cc5)c4)nc3n21. The number of hydrogen-bond acceptors (Lipinski definition) is 10. The van der Waals surface area contributed by atoms with Crippen molar-refractivity contribution in [2.24, 2.45) is 0 Å². The average Bonchev–Trinajstić information content (AvgIpc) is 3.85. The van der Waals surface area contributed by atoms with E-state index in [0.29, 0.717) is 60.3 Å². The lowest BCUT2D eigenvalue weighted by Crippen LogP contribution is -2.53. The molecular weight excluding hydrogens is 742 g/mol. The molecule has 2 atom stereocenters. The molecule has 15 nitrogen and oxygen atoms in total. The number of imide groups is 1. The molecule has 300 valence electrons. The predicted molar refractivity (Wildman–Crippen MR) is 214 cm³/mol. The zero-order chi connectivity index (χ0) is 39.9. The second kappa shape index (κ2) is 15.7. The molecule has 0 saturated carbocycles. The molecule has 4 aliphatic heterocycles. The minimum atomic E-state index is -0.510. The third-order valence-electron chi connectivity index (χ3n) is 12.0. The molecule has 0 spiro atoms. The Kier molecular flexibility index (Phi) is 10.2. The number of carbonyl (C=O) groups excluding carboxylic acids is 4. The quantitative estimate of drug-likeness (QED) is 0.149. The van der Waals surface area contributed by atoms with E-state index in [1.165, 1.54) is 11.9 Å². The maximum atomic E-state index is 14.7. The molecule has 0 aliphatic carbocycles. The molecule has 1 unspecified atom stereocenters. The van der Waals surface area contributed by atoms with E-state index in [2.05, 4.69) is 70.0 Å². The molecule has 3 saturated heterocycles. The summed E-state index contributed by atoms with van der Waals surface area (Å²) in [5.74, 6) is -2.09. The van der Waals surface area contributed by atoms with Crippen molar-refractivity contribution in [3.63, 3.8) is 0 Å². The van der Waals surface area contributed by atoms with Crippen LogP contribution in [-0.4, -0.2) is 110 Å². The minimum Gasteiger partial charge on any atom is -0.371 e. The van der Waals surface area contributed by atoms with Crippen LogP contribution in [0.2, 0.25) is 0 Å². The van der Waals surface area contributed by atoms with Crippen molar-refractivity contribution < 1.29 is 23.6 Å². The first-order valence-corrected chi connectivity index (χ1v) is 20.1. The molecular formula is C42H46FN11O4. The molecule has 5 aromatic rings. The van der Waals surface area contributed by atoms with Crippen LogP contribution in [0, 0.1) is 5.95 Å². The first kappa shape index (κ1) is 37.6. The van der Waals surface area contributed by atoms with Gasteiger partial charge in [0.1, 0.15) is 17.0 Å². The van der Waals surface area contributed by atoms with Crippen molar-refractivity contribution in [1.29, 1.82) is 0 Å². The van der Waals surface area contributed by atoms with Gasteiger partial charge >= 0.3 is 0 Å². The highest BCUT2D eigenvalue weighted by Gasteiger charge is 2.31. The topological polar surface area (TPSA) is 163 Å². The third kappa shape index (κ3) is 7.68. The lowest BCUT2D eigenvalue weighted by molar-refractivity contribution is -0.134. The van der Waals surface area contributed by atoms with Gasteiger partial charge in [0.2, 0.25) is 17.8 Å². The summed E-state index contributed by atoms with van der Waals surface area (Å²) >= 11 is 0. The van der Waals surface area contributed by atoms with Gasteiger partial charge < -0.3 is 20.1 Å². The van der Waals surface area contributed by atoms with Crippen LogP contribution in [-0.2, 0) is 22.7 Å². The molecule has 0 bridgehead atoms. The second-order valence-electron chi connectivity index (χ2n) is 15.9. The van der Waals surface area contributed by atoms with Gasteiger partial charge in [-0.3, -0.25) is 39.0 Å². The Morgan fingerprint density at radius 1 is 0.931 bits per heavy atom. The summed E-state index contributed by atoms with van der Waals surface area (Å²) < 4.78 is 18.4. The van der Waals surface area contributed by atoms with Crippen molar-refractivity contribution in [3.8, 4) is 0 Å². The molecule has 8 heterocycles. The lowest BCUT2D eigenvalue weighted by Gasteiger charge is -2.43. The van der Waals surface area contributed by atoms with E-state index in [4.69, 9.17) is 0 Å². The Labute approximate surface area is 334 Å². The normalized spacial score (nSPS) is 20.9. The van der Waals surface area contributed by atoms with E-state index < -0.39 is 11.9 Å². The number of carbonyl (C=O) groups is 4. The smallest absolute Gasteiger partial charge is 0.274 e. The predicted octanol–water partition coefficient (Wildman–Crippen LogP) is 3.68. The Morgan fingerprint density at radius 3 is 2.50 bits per heavy atom. The number of nitrogens with zero attached hydrogens (tertiary/aromatic N) is 8. The number of benzene rings is 1. The Balaban J connectivity index is 0.734. The zero-order valence-electron chi connectivity index (χ0n) is 32.4. The number of anilines is 2. The average molecular weight is 788 g/mol. The molecule has 4 aliphatic rings. The second-order valence-corrected chi connectivity index (χ2v) is 15.9. The number of aromatic nitrogens is 5. The van der Waals surface area contributed by atoms with Crippen LogP contribution in [0.15, 0.2) is 67.1 Å². The van der Waals surface area contributed by atoms with E-state index >= 15 is 0 Å². The fraction of sp³-hybridized carbons (Fsp3) is 0.405. The molecule has 0 radical (unpaired) electrons. The standard InChI is InChI=1S/C42H46FN11O4/c1-26-20-45-42(58)36-19-28-4-8-35(48-39(28)54(26)36)41(57)47-31-22-46-53(25-31)23-27-2-5-32(6-3-27)51-12-10-33(11-13-51)52-16-14-50(15-17-52)24-30-18-29(21-44-38(30)43)34-7-9-37(55)49-40(34)56/h2-6,8,18-19,21-22,25-26,33-34H,7,9-17,20,23-24H2,1H3,(H,45,58)(H,47,57)(H,49,55,56)/t26-,34?/m1/s1. The van der Waals surface area contributed by atoms with Crippen LogP contribution in [0.3, 0.4) is 0 Å². The summed E-state index contributed by atoms with van der Waals surface area (Å²) in [7, 11) is 0. The van der Waals surface area contributed by atoms with Crippen LogP contribution in [0.4, 0.5) is 15.8 Å². The van der Waals surface area contributed by atoms with Crippen molar-refractivity contribution in [3.05, 3.63) is 101 Å². The summed E-state index contributed by atoms with van der Waals surface area (Å²) in [6.07, 6.45) is 7.68. The lowest BCUT2D eigenvalue weighted by atomic mass is 9.91. The molecule has 1 aromatic carbocycles. The van der Waals surface area contributed by atoms with Gasteiger partial charge in [-0.2, -0.15) is 9.49 Å². The molecule has 9 rings (SSSR count). The monoisotopic (exact) mass is 787 g/mol. The summed E-state index contributed by atoms with van der Waals surface area (Å²) in [6.45, 7) is 8.96. The highest BCUT2D eigenvalue weighted by Crippen LogP contribution is 2.29. The third-order valence-corrected chi connectivity index (χ3v) is 12.0. The molecule has 4 aromatic heterocycles. The summed E-state index contributed by atoms with van der Waals surface area (Å²) in [4.78, 5) is 65.3. The highest BCUT2D eigenvalue weighted by molar-refractivity contribution is 6.05. The van der Waals surface area contributed by atoms with Gasteiger partial charge in [-0.1, -0.05) is 12.1 Å². The van der Waals surface area contributed by atoms with Crippen molar-refractivity contribution in [2.75, 3.05) is 56.0 Å². The van der Waals surface area contributed by atoms with E-state index in [0.717, 1.165) is 63.1 Å². The Hall–Kier alpha value is -6.00. The van der Waals surface area contributed by atoms with Gasteiger partial charge in [-0.25, -0.2) is 9.97 Å². The summed E-state index contributed by atoms with van der Waals surface area (Å²) in [5.41, 5.74) is 5.43. The van der Waals surface area contributed by atoms with Crippen molar-refractivity contribution >= 4 is 46.0 Å². The van der Waals surface area contributed by atoms with Gasteiger partial charge in [-0.05, 0) is 73.7 Å². The molecule has 3 fully saturated rings.